The maximum Gasteiger partial charge on any atom is 0.280 e. The molecule has 1 N–H and O–H groups in total. The summed E-state index contributed by atoms with van der Waals surface area (Å²) in [4.78, 5) is 30.5. The lowest BCUT2D eigenvalue weighted by Gasteiger charge is -2.60. The molecule has 27 heavy (non-hydrogen) atoms. The fraction of sp³-hybridized carbons (Fsp3) is 0.591. The molecule has 1 aromatic heterocycles. The Hall–Kier alpha value is -2.17. The molecule has 3 atom stereocenters. The molecular weight excluding hydrogens is 338 g/mol. The molecule has 0 spiro atoms. The van der Waals surface area contributed by atoms with Gasteiger partial charge in [0, 0.05) is 12.3 Å². The van der Waals surface area contributed by atoms with Gasteiger partial charge in [-0.05, 0) is 67.4 Å². The molecule has 142 valence electrons. The van der Waals surface area contributed by atoms with E-state index in [0.717, 1.165) is 25.2 Å². The van der Waals surface area contributed by atoms with Gasteiger partial charge < -0.3 is 0 Å². The third-order valence-corrected chi connectivity index (χ3v) is 7.43. The Balaban J connectivity index is 1.41. The molecule has 4 aliphatic carbocycles. The molecule has 0 aliphatic heterocycles. The SMILES string of the molecule is CC1(C)[C@H]2CC[C@@H](CC(=O)Nn3c(C4CC4)nc4ccccc4c3=O)[C@H]1C2. The second-order valence-corrected chi connectivity index (χ2v) is 9.34. The number of nitrogens with one attached hydrogen (secondary N) is 1. The van der Waals surface area contributed by atoms with Crippen LogP contribution in [-0.2, 0) is 4.79 Å². The molecule has 6 rings (SSSR count). The highest BCUT2D eigenvalue weighted by Gasteiger charge is 2.54. The lowest BCUT2D eigenvalue weighted by Crippen LogP contribution is -2.53. The third-order valence-electron chi connectivity index (χ3n) is 7.43. The first-order chi connectivity index (χ1) is 12.9. The van der Waals surface area contributed by atoms with E-state index in [-0.39, 0.29) is 17.4 Å². The van der Waals surface area contributed by atoms with Crippen LogP contribution >= 0.6 is 0 Å². The molecule has 2 bridgehead atoms. The monoisotopic (exact) mass is 365 g/mol. The van der Waals surface area contributed by atoms with Gasteiger partial charge in [-0.1, -0.05) is 26.0 Å². The van der Waals surface area contributed by atoms with E-state index in [1.165, 1.54) is 17.5 Å². The second-order valence-electron chi connectivity index (χ2n) is 9.34. The maximum absolute atomic E-state index is 13.0. The van der Waals surface area contributed by atoms with E-state index in [1.807, 2.05) is 18.2 Å². The molecule has 1 aromatic carbocycles. The van der Waals surface area contributed by atoms with E-state index in [0.29, 0.717) is 40.4 Å². The minimum Gasteiger partial charge on any atom is -0.273 e. The van der Waals surface area contributed by atoms with Crippen LogP contribution in [0.2, 0.25) is 0 Å². The minimum atomic E-state index is -0.163. The van der Waals surface area contributed by atoms with Gasteiger partial charge in [0.25, 0.3) is 5.56 Å². The summed E-state index contributed by atoms with van der Waals surface area (Å²) >= 11 is 0. The summed E-state index contributed by atoms with van der Waals surface area (Å²) in [6, 6.07) is 7.38. The van der Waals surface area contributed by atoms with Gasteiger partial charge in [-0.2, -0.15) is 0 Å². The number of amides is 1. The topological polar surface area (TPSA) is 64.0 Å². The van der Waals surface area contributed by atoms with E-state index < -0.39 is 0 Å². The molecular formula is C22H27N3O2. The van der Waals surface area contributed by atoms with Gasteiger partial charge in [0.1, 0.15) is 5.82 Å². The smallest absolute Gasteiger partial charge is 0.273 e. The molecule has 0 unspecified atom stereocenters. The largest absolute Gasteiger partial charge is 0.280 e. The van der Waals surface area contributed by atoms with Crippen LogP contribution in [0.5, 0.6) is 0 Å². The zero-order valence-electron chi connectivity index (χ0n) is 16.1. The highest BCUT2D eigenvalue weighted by Crippen LogP contribution is 2.61. The molecule has 0 radical (unpaired) electrons. The average molecular weight is 365 g/mol. The number of para-hydroxylation sites is 1. The number of benzene rings is 1. The standard InChI is InChI=1S/C22H27N3O2/c1-22(2)15-10-9-14(17(22)12-15)11-19(26)24-25-20(13-7-8-13)23-18-6-4-3-5-16(18)21(25)27/h3-6,13-15,17H,7-12H2,1-2H3,(H,24,26)/t14-,15-,17+/m0/s1. The quantitative estimate of drug-likeness (QED) is 0.896. The predicted octanol–water partition coefficient (Wildman–Crippen LogP) is 3.81. The van der Waals surface area contributed by atoms with Gasteiger partial charge in [-0.25, -0.2) is 9.66 Å². The zero-order valence-corrected chi connectivity index (χ0v) is 16.1. The average Bonchev–Trinajstić information content (AvgIpc) is 3.49. The van der Waals surface area contributed by atoms with Crippen molar-refractivity contribution in [3.05, 3.63) is 40.4 Å². The van der Waals surface area contributed by atoms with Gasteiger partial charge in [0.2, 0.25) is 5.91 Å². The fourth-order valence-electron chi connectivity index (χ4n) is 5.49. The van der Waals surface area contributed by atoms with E-state index in [1.54, 1.807) is 6.07 Å². The van der Waals surface area contributed by atoms with Crippen molar-refractivity contribution >= 4 is 16.8 Å². The summed E-state index contributed by atoms with van der Waals surface area (Å²) in [5, 5.41) is 0.558. The van der Waals surface area contributed by atoms with Gasteiger partial charge >= 0.3 is 0 Å². The van der Waals surface area contributed by atoms with Crippen molar-refractivity contribution in [3.63, 3.8) is 0 Å². The zero-order chi connectivity index (χ0) is 18.8. The van der Waals surface area contributed by atoms with Crippen LogP contribution in [0, 0.1) is 23.2 Å². The van der Waals surface area contributed by atoms with Gasteiger partial charge in [-0.3, -0.25) is 15.0 Å². The fourth-order valence-corrected chi connectivity index (χ4v) is 5.49. The van der Waals surface area contributed by atoms with Crippen LogP contribution in [0.25, 0.3) is 10.9 Å². The lowest BCUT2D eigenvalue weighted by atomic mass is 9.45. The summed E-state index contributed by atoms with van der Waals surface area (Å²) in [6.45, 7) is 4.69. The van der Waals surface area contributed by atoms with E-state index in [4.69, 9.17) is 4.98 Å². The number of carbonyl (C=O) groups is 1. The van der Waals surface area contributed by atoms with Crippen molar-refractivity contribution in [3.8, 4) is 0 Å². The molecule has 2 aromatic rings. The number of aromatic nitrogens is 2. The van der Waals surface area contributed by atoms with Gasteiger partial charge in [0.05, 0.1) is 10.9 Å². The number of carbonyl (C=O) groups excluding carboxylic acids is 1. The molecule has 5 nitrogen and oxygen atoms in total. The number of hydrogen-bond acceptors (Lipinski definition) is 3. The molecule has 5 heteroatoms. The van der Waals surface area contributed by atoms with Crippen molar-refractivity contribution in [2.24, 2.45) is 23.2 Å². The highest BCUT2D eigenvalue weighted by atomic mass is 16.2. The Morgan fingerprint density at radius 3 is 2.70 bits per heavy atom. The summed E-state index contributed by atoms with van der Waals surface area (Å²) < 4.78 is 1.43. The molecule has 4 aliphatic rings. The summed E-state index contributed by atoms with van der Waals surface area (Å²) in [5.74, 6) is 2.83. The Kier molecular flexibility index (Phi) is 3.72. The number of nitrogens with zero attached hydrogens (tertiary/aromatic N) is 2. The first kappa shape index (κ1) is 17.0. The minimum absolute atomic E-state index is 0.0535. The first-order valence-electron chi connectivity index (χ1n) is 10.3. The number of fused-ring (bicyclic) bond motifs is 3. The Bertz CT molecular complexity index is 971. The Morgan fingerprint density at radius 2 is 2.00 bits per heavy atom. The normalized spacial score (nSPS) is 28.6. The highest BCUT2D eigenvalue weighted by molar-refractivity contribution is 5.85. The molecule has 1 heterocycles. The van der Waals surface area contributed by atoms with E-state index >= 15 is 0 Å². The van der Waals surface area contributed by atoms with Crippen molar-refractivity contribution in [2.75, 3.05) is 5.43 Å². The van der Waals surface area contributed by atoms with Crippen LogP contribution in [0.4, 0.5) is 0 Å². The van der Waals surface area contributed by atoms with Gasteiger partial charge in [0.15, 0.2) is 0 Å². The van der Waals surface area contributed by atoms with Crippen molar-refractivity contribution in [2.45, 2.75) is 58.3 Å². The van der Waals surface area contributed by atoms with Crippen LogP contribution in [0.3, 0.4) is 0 Å². The lowest BCUT2D eigenvalue weighted by molar-refractivity contribution is -0.129. The summed E-state index contributed by atoms with van der Waals surface area (Å²) in [5.41, 5.74) is 3.82. The summed E-state index contributed by atoms with van der Waals surface area (Å²) in [6.07, 6.45) is 6.18. The van der Waals surface area contributed by atoms with Crippen LogP contribution in [0.15, 0.2) is 29.1 Å². The van der Waals surface area contributed by atoms with Gasteiger partial charge in [-0.15, -0.1) is 0 Å². The van der Waals surface area contributed by atoms with Crippen molar-refractivity contribution < 1.29 is 4.79 Å². The Labute approximate surface area is 159 Å². The molecule has 4 saturated carbocycles. The van der Waals surface area contributed by atoms with E-state index in [2.05, 4.69) is 19.3 Å². The van der Waals surface area contributed by atoms with Crippen molar-refractivity contribution in [1.82, 2.24) is 9.66 Å². The number of hydrogen-bond donors (Lipinski definition) is 1. The Morgan fingerprint density at radius 1 is 1.22 bits per heavy atom. The maximum atomic E-state index is 13.0. The second kappa shape index (κ2) is 5.91. The van der Waals surface area contributed by atoms with Crippen LogP contribution in [0.1, 0.15) is 64.1 Å². The number of rotatable bonds is 4. The first-order valence-corrected chi connectivity index (χ1v) is 10.3. The summed E-state index contributed by atoms with van der Waals surface area (Å²) in [7, 11) is 0. The predicted molar refractivity (Wildman–Crippen MR) is 105 cm³/mol. The van der Waals surface area contributed by atoms with E-state index in [9.17, 15) is 9.59 Å². The van der Waals surface area contributed by atoms with Crippen LogP contribution in [-0.4, -0.2) is 15.6 Å². The molecule has 1 amide bonds. The van der Waals surface area contributed by atoms with Crippen LogP contribution < -0.4 is 11.0 Å². The third kappa shape index (κ3) is 2.70. The molecule has 0 saturated heterocycles. The molecule has 4 fully saturated rings. The van der Waals surface area contributed by atoms with Crippen molar-refractivity contribution in [1.29, 1.82) is 0 Å².